The molecule has 1 saturated heterocycles. The second-order valence-electron chi connectivity index (χ2n) is 6.10. The number of likely N-dealkylation sites (N-methyl/N-ethyl adjacent to an activating group) is 1. The molecule has 1 aromatic rings. The van der Waals surface area contributed by atoms with Gasteiger partial charge >= 0.3 is 11.7 Å². The highest BCUT2D eigenvalue weighted by Crippen LogP contribution is 2.38. The molecule has 136 valence electrons. The highest BCUT2D eigenvalue weighted by molar-refractivity contribution is 6.04. The molecule has 1 aliphatic rings. The highest BCUT2D eigenvalue weighted by atomic mass is 16.6. The number of carbonyl (C=O) groups is 2. The van der Waals surface area contributed by atoms with Crippen molar-refractivity contribution in [2.24, 2.45) is 5.92 Å². The molecule has 0 aromatic heterocycles. The normalized spacial score (nSPS) is 17.6. The minimum Gasteiger partial charge on any atom is -0.500 e. The average molecular weight is 351 g/mol. The van der Waals surface area contributed by atoms with Crippen LogP contribution in [0, 0.1) is 16.0 Å². The predicted molar refractivity (Wildman–Crippen MR) is 88.3 cm³/mol. The Balaban J connectivity index is 2.43. The standard InChI is InChI=1S/C16H21N3O6/c1-5-17-15(21)13(9(2)3)18(16(17)22)8-10-6-11(19(23)24)14(20)12(7-10)25-4/h6-7,9,13,20H,5,8H2,1-4H3/t13-/m0/s1. The van der Waals surface area contributed by atoms with Crippen molar-refractivity contribution in [3.8, 4) is 11.5 Å². The molecule has 1 heterocycles. The minimum atomic E-state index is -0.726. The van der Waals surface area contributed by atoms with Crippen LogP contribution in [0.4, 0.5) is 10.5 Å². The molecule has 0 bridgehead atoms. The Labute approximate surface area is 144 Å². The quantitative estimate of drug-likeness (QED) is 0.477. The summed E-state index contributed by atoms with van der Waals surface area (Å²) in [5, 5.41) is 21.0. The maximum absolute atomic E-state index is 12.5. The van der Waals surface area contributed by atoms with Gasteiger partial charge in [0.2, 0.25) is 5.75 Å². The number of benzene rings is 1. The van der Waals surface area contributed by atoms with E-state index in [-0.39, 0.29) is 30.7 Å². The zero-order chi connectivity index (χ0) is 18.9. The molecule has 0 unspecified atom stereocenters. The monoisotopic (exact) mass is 351 g/mol. The number of nitrogens with zero attached hydrogens (tertiary/aromatic N) is 3. The number of rotatable bonds is 6. The molecule has 25 heavy (non-hydrogen) atoms. The van der Waals surface area contributed by atoms with Gasteiger partial charge < -0.3 is 14.7 Å². The Morgan fingerprint density at radius 3 is 2.48 bits per heavy atom. The predicted octanol–water partition coefficient (Wildman–Crippen LogP) is 2.12. The highest BCUT2D eigenvalue weighted by Gasteiger charge is 2.45. The summed E-state index contributed by atoms with van der Waals surface area (Å²) in [5.41, 5.74) is -0.119. The molecule has 0 radical (unpaired) electrons. The lowest BCUT2D eigenvalue weighted by molar-refractivity contribution is -0.386. The zero-order valence-electron chi connectivity index (χ0n) is 14.6. The first kappa shape index (κ1) is 18.5. The second-order valence-corrected chi connectivity index (χ2v) is 6.10. The van der Waals surface area contributed by atoms with E-state index in [9.17, 15) is 24.8 Å². The summed E-state index contributed by atoms with van der Waals surface area (Å²) in [6.45, 7) is 5.65. The molecule has 9 nitrogen and oxygen atoms in total. The number of nitro groups is 1. The van der Waals surface area contributed by atoms with Crippen LogP contribution in [0.25, 0.3) is 0 Å². The molecule has 9 heteroatoms. The summed E-state index contributed by atoms with van der Waals surface area (Å²) in [4.78, 5) is 37.9. The summed E-state index contributed by atoms with van der Waals surface area (Å²) in [7, 11) is 1.28. The molecule has 0 spiro atoms. The van der Waals surface area contributed by atoms with Crippen molar-refractivity contribution in [1.29, 1.82) is 0 Å². The number of urea groups is 1. The number of ether oxygens (including phenoxy) is 1. The van der Waals surface area contributed by atoms with Crippen molar-refractivity contribution in [3.05, 3.63) is 27.8 Å². The van der Waals surface area contributed by atoms with E-state index in [2.05, 4.69) is 0 Å². The number of imide groups is 1. The Bertz CT molecular complexity index is 718. The van der Waals surface area contributed by atoms with E-state index in [0.29, 0.717) is 5.56 Å². The van der Waals surface area contributed by atoms with E-state index in [1.54, 1.807) is 6.92 Å². The zero-order valence-corrected chi connectivity index (χ0v) is 14.6. The number of carbonyl (C=O) groups excluding carboxylic acids is 2. The van der Waals surface area contributed by atoms with Crippen molar-refractivity contribution in [1.82, 2.24) is 9.80 Å². The lowest BCUT2D eigenvalue weighted by atomic mass is 10.0. The Morgan fingerprint density at radius 2 is 2.00 bits per heavy atom. The molecular formula is C16H21N3O6. The molecule has 0 aliphatic carbocycles. The average Bonchev–Trinajstić information content (AvgIpc) is 2.78. The molecule has 1 aromatic carbocycles. The summed E-state index contributed by atoms with van der Waals surface area (Å²) in [6, 6.07) is 1.54. The first-order chi connectivity index (χ1) is 11.7. The van der Waals surface area contributed by atoms with E-state index in [0.717, 1.165) is 4.90 Å². The van der Waals surface area contributed by atoms with Crippen molar-refractivity contribution >= 4 is 17.6 Å². The smallest absolute Gasteiger partial charge is 0.327 e. The van der Waals surface area contributed by atoms with Crippen molar-refractivity contribution < 1.29 is 24.4 Å². The van der Waals surface area contributed by atoms with E-state index in [1.807, 2.05) is 13.8 Å². The first-order valence-corrected chi connectivity index (χ1v) is 7.89. The van der Waals surface area contributed by atoms with Crippen LogP contribution in [0.5, 0.6) is 11.5 Å². The van der Waals surface area contributed by atoms with E-state index in [4.69, 9.17) is 4.74 Å². The van der Waals surface area contributed by atoms with Crippen molar-refractivity contribution in [2.45, 2.75) is 33.4 Å². The number of amides is 3. The minimum absolute atomic E-state index is 0.00139. The molecule has 2 rings (SSSR count). The molecule has 1 fully saturated rings. The number of hydrogen-bond acceptors (Lipinski definition) is 6. The molecule has 1 aliphatic heterocycles. The third kappa shape index (κ3) is 3.21. The fourth-order valence-electron chi connectivity index (χ4n) is 2.99. The summed E-state index contributed by atoms with van der Waals surface area (Å²) in [6.07, 6.45) is 0. The Kier molecular flexibility index (Phi) is 5.15. The van der Waals surface area contributed by atoms with Gasteiger partial charge in [0.25, 0.3) is 5.91 Å². The van der Waals surface area contributed by atoms with E-state index < -0.39 is 28.4 Å². The van der Waals surface area contributed by atoms with Gasteiger partial charge in [-0.25, -0.2) is 4.79 Å². The Morgan fingerprint density at radius 1 is 1.36 bits per heavy atom. The molecule has 3 amide bonds. The van der Waals surface area contributed by atoms with Gasteiger partial charge in [0.05, 0.1) is 12.0 Å². The molecule has 1 N–H and O–H groups in total. The van der Waals surface area contributed by atoms with Crippen LogP contribution in [0.15, 0.2) is 12.1 Å². The van der Waals surface area contributed by atoms with Gasteiger partial charge in [-0.05, 0) is 24.5 Å². The van der Waals surface area contributed by atoms with Gasteiger partial charge in [-0.2, -0.15) is 0 Å². The number of hydrogen-bond donors (Lipinski definition) is 1. The van der Waals surface area contributed by atoms with Gasteiger partial charge in [-0.15, -0.1) is 0 Å². The van der Waals surface area contributed by atoms with Gasteiger partial charge in [0.1, 0.15) is 6.04 Å². The number of phenols is 1. The Hall–Kier alpha value is -2.84. The topological polar surface area (TPSA) is 113 Å². The van der Waals surface area contributed by atoms with Crippen LogP contribution in [0.3, 0.4) is 0 Å². The summed E-state index contributed by atoms with van der Waals surface area (Å²) in [5.74, 6) is -1.02. The maximum Gasteiger partial charge on any atom is 0.327 e. The van der Waals surface area contributed by atoms with Gasteiger partial charge in [0, 0.05) is 19.2 Å². The molecular weight excluding hydrogens is 330 g/mol. The SMILES string of the molecule is CCN1C(=O)[C@H](C(C)C)N(Cc2cc(OC)c(O)c([N+](=O)[O-])c2)C1=O. The van der Waals surface area contributed by atoms with Crippen LogP contribution >= 0.6 is 0 Å². The van der Waals surface area contributed by atoms with E-state index >= 15 is 0 Å². The lowest BCUT2D eigenvalue weighted by Crippen LogP contribution is -2.38. The van der Waals surface area contributed by atoms with E-state index in [1.165, 1.54) is 24.1 Å². The van der Waals surface area contributed by atoms with Crippen LogP contribution in [0.1, 0.15) is 26.3 Å². The largest absolute Gasteiger partial charge is 0.500 e. The van der Waals surface area contributed by atoms with Crippen molar-refractivity contribution in [3.63, 3.8) is 0 Å². The fraction of sp³-hybridized carbons (Fsp3) is 0.500. The molecule has 0 saturated carbocycles. The fourth-order valence-corrected chi connectivity index (χ4v) is 2.99. The maximum atomic E-state index is 12.5. The number of methoxy groups -OCH3 is 1. The number of phenolic OH excluding ortho intramolecular Hbond substituents is 1. The van der Waals surface area contributed by atoms with Gasteiger partial charge in [-0.1, -0.05) is 13.8 Å². The summed E-state index contributed by atoms with van der Waals surface area (Å²) < 4.78 is 4.97. The number of nitro benzene ring substituents is 1. The van der Waals surface area contributed by atoms with Crippen LogP contribution in [-0.2, 0) is 11.3 Å². The first-order valence-electron chi connectivity index (χ1n) is 7.89. The molecule has 1 atom stereocenters. The second kappa shape index (κ2) is 6.96. The van der Waals surface area contributed by atoms with Gasteiger partial charge in [0.15, 0.2) is 5.75 Å². The third-order valence-electron chi connectivity index (χ3n) is 4.16. The summed E-state index contributed by atoms with van der Waals surface area (Å²) >= 11 is 0. The van der Waals surface area contributed by atoms with Crippen LogP contribution in [-0.4, -0.2) is 51.5 Å². The van der Waals surface area contributed by atoms with Gasteiger partial charge in [-0.3, -0.25) is 19.8 Å². The van der Waals surface area contributed by atoms with Crippen LogP contribution in [0.2, 0.25) is 0 Å². The number of aromatic hydroxyl groups is 1. The lowest BCUT2D eigenvalue weighted by Gasteiger charge is -2.24. The third-order valence-corrected chi connectivity index (χ3v) is 4.16. The van der Waals surface area contributed by atoms with Crippen LogP contribution < -0.4 is 4.74 Å². The van der Waals surface area contributed by atoms with Crippen molar-refractivity contribution in [2.75, 3.05) is 13.7 Å².